The average Bonchev–Trinajstić information content (AvgIpc) is 2.19. The zero-order valence-electron chi connectivity index (χ0n) is 7.10. The third kappa shape index (κ3) is 2.95. The molecular weight excluding hydrogens is 184 g/mol. The second-order valence-electron chi connectivity index (χ2n) is 2.48. The molecule has 0 N–H and O–H groups in total. The van der Waals surface area contributed by atoms with Crippen molar-refractivity contribution in [3.05, 3.63) is 47.9 Å². The fourth-order valence-electron chi connectivity index (χ4n) is 0.896. The fraction of sp³-hybridized carbons (Fsp3) is 0.100. The highest BCUT2D eigenvalue weighted by molar-refractivity contribution is 7.88. The molecule has 0 saturated heterocycles. The van der Waals surface area contributed by atoms with Crippen LogP contribution in [-0.2, 0) is 10.8 Å². The Morgan fingerprint density at radius 3 is 2.54 bits per heavy atom. The van der Waals surface area contributed by atoms with E-state index < -0.39 is 10.8 Å². The minimum absolute atomic E-state index is 0.0213. The van der Waals surface area contributed by atoms with Crippen LogP contribution in [0.5, 0.6) is 0 Å². The Hall–Kier alpha value is -1.22. The van der Waals surface area contributed by atoms with Crippen LogP contribution in [0.4, 0.5) is 0 Å². The first-order valence-electron chi connectivity index (χ1n) is 3.82. The van der Waals surface area contributed by atoms with E-state index in [2.05, 4.69) is 6.58 Å². The van der Waals surface area contributed by atoms with Gasteiger partial charge in [0.05, 0.1) is 16.6 Å². The lowest BCUT2D eigenvalue weighted by Gasteiger charge is -1.97. The molecule has 0 heterocycles. The summed E-state index contributed by atoms with van der Waals surface area (Å²) in [5.41, 5.74) is 0.595. The Bertz CT molecular complexity index is 330. The molecular formula is C10H10O2S. The highest BCUT2D eigenvalue weighted by Crippen LogP contribution is 2.01. The van der Waals surface area contributed by atoms with Crippen LogP contribution in [0.15, 0.2) is 42.3 Å². The first-order chi connectivity index (χ1) is 6.24. The maximum Gasteiger partial charge on any atom is 0.175 e. The predicted octanol–water partition coefficient (Wildman–Crippen LogP) is 1.76. The maximum atomic E-state index is 11.4. The molecule has 0 aliphatic carbocycles. The first-order valence-corrected chi connectivity index (χ1v) is 5.20. The van der Waals surface area contributed by atoms with Gasteiger partial charge in [-0.05, 0) is 5.41 Å². The van der Waals surface area contributed by atoms with Gasteiger partial charge >= 0.3 is 0 Å². The number of carbonyl (C=O) groups is 1. The van der Waals surface area contributed by atoms with E-state index in [1.54, 1.807) is 24.3 Å². The first kappa shape index (κ1) is 9.86. The lowest BCUT2D eigenvalue weighted by molar-refractivity contribution is 0.102. The minimum atomic E-state index is -1.24. The van der Waals surface area contributed by atoms with Gasteiger partial charge in [0, 0.05) is 5.56 Å². The van der Waals surface area contributed by atoms with E-state index in [1.165, 1.54) is 5.41 Å². The quantitative estimate of drug-likeness (QED) is 0.684. The maximum absolute atomic E-state index is 11.4. The molecule has 1 aromatic carbocycles. The topological polar surface area (TPSA) is 34.1 Å². The van der Waals surface area contributed by atoms with Gasteiger partial charge in [-0.3, -0.25) is 9.00 Å². The SMILES string of the molecule is C=C[S@](=O)CC(=O)c1ccccc1. The molecule has 2 nitrogen and oxygen atoms in total. The largest absolute Gasteiger partial charge is 0.293 e. The van der Waals surface area contributed by atoms with Gasteiger partial charge in [-0.25, -0.2) is 0 Å². The number of carbonyl (C=O) groups excluding carboxylic acids is 1. The molecule has 0 saturated carbocycles. The van der Waals surface area contributed by atoms with Crippen molar-refractivity contribution in [2.45, 2.75) is 0 Å². The van der Waals surface area contributed by atoms with Crippen LogP contribution in [0, 0.1) is 0 Å². The van der Waals surface area contributed by atoms with Crippen molar-refractivity contribution in [1.29, 1.82) is 0 Å². The van der Waals surface area contributed by atoms with Crippen LogP contribution in [-0.4, -0.2) is 15.7 Å². The Kier molecular flexibility index (Phi) is 3.58. The molecule has 68 valence electrons. The molecule has 0 fully saturated rings. The Morgan fingerprint density at radius 1 is 1.38 bits per heavy atom. The lowest BCUT2D eigenvalue weighted by atomic mass is 10.2. The van der Waals surface area contributed by atoms with Crippen molar-refractivity contribution in [2.24, 2.45) is 0 Å². The summed E-state index contributed by atoms with van der Waals surface area (Å²) in [6, 6.07) is 8.82. The van der Waals surface area contributed by atoms with Gasteiger partial charge in [0.2, 0.25) is 0 Å². The van der Waals surface area contributed by atoms with E-state index in [1.807, 2.05) is 6.07 Å². The van der Waals surface area contributed by atoms with Crippen molar-refractivity contribution >= 4 is 16.6 Å². The summed E-state index contributed by atoms with van der Waals surface area (Å²) in [7, 11) is -1.24. The van der Waals surface area contributed by atoms with Crippen LogP contribution < -0.4 is 0 Å². The number of rotatable bonds is 4. The number of hydrogen-bond donors (Lipinski definition) is 0. The highest BCUT2D eigenvalue weighted by atomic mass is 32.2. The van der Waals surface area contributed by atoms with Gasteiger partial charge in [-0.15, -0.1) is 0 Å². The molecule has 0 aliphatic heterocycles. The zero-order valence-corrected chi connectivity index (χ0v) is 7.92. The summed E-state index contributed by atoms with van der Waals surface area (Å²) >= 11 is 0. The van der Waals surface area contributed by atoms with Gasteiger partial charge in [0.25, 0.3) is 0 Å². The van der Waals surface area contributed by atoms with Crippen molar-refractivity contribution in [2.75, 3.05) is 5.75 Å². The zero-order chi connectivity index (χ0) is 9.68. The van der Waals surface area contributed by atoms with Gasteiger partial charge in [-0.1, -0.05) is 36.9 Å². The molecule has 0 radical (unpaired) electrons. The molecule has 1 atom stereocenters. The molecule has 0 unspecified atom stereocenters. The van der Waals surface area contributed by atoms with Crippen molar-refractivity contribution in [3.8, 4) is 0 Å². The molecule has 0 bridgehead atoms. The van der Waals surface area contributed by atoms with Crippen LogP contribution in [0.25, 0.3) is 0 Å². The summed E-state index contributed by atoms with van der Waals surface area (Å²) in [6.07, 6.45) is 0. The number of benzene rings is 1. The Balaban J connectivity index is 2.70. The number of ketones is 1. The standard InChI is InChI=1S/C10H10O2S/c1-2-13(12)8-10(11)9-6-4-3-5-7-9/h2-7H,1,8H2/t13-/m0/s1. The molecule has 0 spiro atoms. The van der Waals surface area contributed by atoms with Crippen molar-refractivity contribution < 1.29 is 9.00 Å². The predicted molar refractivity (Wildman–Crippen MR) is 54.0 cm³/mol. The normalized spacial score (nSPS) is 12.0. The second kappa shape index (κ2) is 4.72. The van der Waals surface area contributed by atoms with Crippen LogP contribution >= 0.6 is 0 Å². The number of Topliss-reactive ketones (excluding diaryl/α,β-unsaturated/α-hetero) is 1. The van der Waals surface area contributed by atoms with Crippen LogP contribution in [0.1, 0.15) is 10.4 Å². The molecule has 0 aliphatic rings. The van der Waals surface area contributed by atoms with E-state index in [4.69, 9.17) is 0 Å². The summed E-state index contributed by atoms with van der Waals surface area (Å²) in [4.78, 5) is 11.4. The third-order valence-electron chi connectivity index (χ3n) is 1.56. The summed E-state index contributed by atoms with van der Waals surface area (Å²) in [5.74, 6) is -0.0908. The van der Waals surface area contributed by atoms with Crippen LogP contribution in [0.3, 0.4) is 0 Å². The van der Waals surface area contributed by atoms with Gasteiger partial charge in [0.15, 0.2) is 5.78 Å². The summed E-state index contributed by atoms with van der Waals surface area (Å²) in [5, 5.41) is 1.28. The summed E-state index contributed by atoms with van der Waals surface area (Å²) < 4.78 is 11.0. The third-order valence-corrected chi connectivity index (χ3v) is 2.47. The van der Waals surface area contributed by atoms with Gasteiger partial charge < -0.3 is 0 Å². The van der Waals surface area contributed by atoms with E-state index >= 15 is 0 Å². The second-order valence-corrected chi connectivity index (χ2v) is 3.86. The minimum Gasteiger partial charge on any atom is -0.293 e. The molecule has 13 heavy (non-hydrogen) atoms. The molecule has 1 rings (SSSR count). The summed E-state index contributed by atoms with van der Waals surface area (Å²) in [6.45, 7) is 3.35. The van der Waals surface area contributed by atoms with E-state index in [0.29, 0.717) is 5.56 Å². The number of hydrogen-bond acceptors (Lipinski definition) is 2. The molecule has 3 heteroatoms. The molecule has 0 aromatic heterocycles. The monoisotopic (exact) mass is 194 g/mol. The smallest absolute Gasteiger partial charge is 0.175 e. The van der Waals surface area contributed by atoms with Gasteiger partial charge in [-0.2, -0.15) is 0 Å². The Labute approximate surface area is 79.7 Å². The van der Waals surface area contributed by atoms with Gasteiger partial charge in [0.1, 0.15) is 0 Å². The van der Waals surface area contributed by atoms with Crippen molar-refractivity contribution in [1.82, 2.24) is 0 Å². The van der Waals surface area contributed by atoms with E-state index in [0.717, 1.165) is 0 Å². The molecule has 0 amide bonds. The average molecular weight is 194 g/mol. The van der Waals surface area contributed by atoms with Crippen molar-refractivity contribution in [3.63, 3.8) is 0 Å². The van der Waals surface area contributed by atoms with E-state index in [-0.39, 0.29) is 11.5 Å². The Morgan fingerprint density at radius 2 is 2.00 bits per heavy atom. The van der Waals surface area contributed by atoms with E-state index in [9.17, 15) is 9.00 Å². The lowest BCUT2D eigenvalue weighted by Crippen LogP contribution is -2.08. The fourth-order valence-corrected chi connectivity index (χ4v) is 1.44. The van der Waals surface area contributed by atoms with Crippen LogP contribution in [0.2, 0.25) is 0 Å². The highest BCUT2D eigenvalue weighted by Gasteiger charge is 2.06. The molecule has 1 aromatic rings.